The van der Waals surface area contributed by atoms with Crippen LogP contribution in [0.5, 0.6) is 0 Å². The van der Waals surface area contributed by atoms with E-state index < -0.39 is 0 Å². The van der Waals surface area contributed by atoms with Gasteiger partial charge in [-0.2, -0.15) is 0 Å². The van der Waals surface area contributed by atoms with Crippen molar-refractivity contribution in [2.75, 3.05) is 18.4 Å². The average Bonchev–Trinajstić information content (AvgIpc) is 2.82. The Morgan fingerprint density at radius 1 is 1.33 bits per heavy atom. The predicted molar refractivity (Wildman–Crippen MR) is 74.9 cm³/mol. The van der Waals surface area contributed by atoms with Crippen molar-refractivity contribution in [1.82, 2.24) is 5.32 Å². The minimum atomic E-state index is -0.0183. The first-order valence-corrected chi connectivity index (χ1v) is 6.88. The summed E-state index contributed by atoms with van der Waals surface area (Å²) in [6.07, 6.45) is 5.26. The van der Waals surface area contributed by atoms with Crippen molar-refractivity contribution in [2.24, 2.45) is 5.92 Å². The Morgan fingerprint density at radius 2 is 2.11 bits per heavy atom. The van der Waals surface area contributed by atoms with Gasteiger partial charge in [0.2, 0.25) is 5.91 Å². The Labute approximate surface area is 113 Å². The monoisotopic (exact) mass is 266 g/mol. The number of rotatable bonds is 5. The van der Waals surface area contributed by atoms with Crippen LogP contribution in [-0.4, -0.2) is 19.0 Å². The van der Waals surface area contributed by atoms with Gasteiger partial charge in [-0.05, 0) is 43.5 Å². The van der Waals surface area contributed by atoms with E-state index in [1.54, 1.807) is 12.1 Å². The number of halogens is 1. The minimum Gasteiger partial charge on any atom is -0.325 e. The lowest BCUT2D eigenvalue weighted by Crippen LogP contribution is -2.31. The normalized spacial score (nSPS) is 15.8. The van der Waals surface area contributed by atoms with Gasteiger partial charge in [-0.3, -0.25) is 4.79 Å². The summed E-state index contributed by atoms with van der Waals surface area (Å²) in [5, 5.41) is 6.67. The van der Waals surface area contributed by atoms with Crippen molar-refractivity contribution in [2.45, 2.75) is 25.7 Å². The lowest BCUT2D eigenvalue weighted by Gasteiger charge is -2.10. The van der Waals surface area contributed by atoms with Crippen molar-refractivity contribution in [1.29, 1.82) is 0 Å². The lowest BCUT2D eigenvalue weighted by atomic mass is 10.1. The molecule has 1 fully saturated rings. The molecule has 0 atom stereocenters. The molecule has 0 spiro atoms. The third-order valence-electron chi connectivity index (χ3n) is 3.30. The van der Waals surface area contributed by atoms with Crippen LogP contribution in [0.1, 0.15) is 25.7 Å². The topological polar surface area (TPSA) is 41.1 Å². The molecule has 0 aromatic heterocycles. The summed E-state index contributed by atoms with van der Waals surface area (Å²) in [7, 11) is 0. The first-order valence-electron chi connectivity index (χ1n) is 6.50. The third kappa shape index (κ3) is 4.31. The molecule has 0 saturated heterocycles. The van der Waals surface area contributed by atoms with Crippen LogP contribution < -0.4 is 10.6 Å². The van der Waals surface area contributed by atoms with E-state index in [9.17, 15) is 4.79 Å². The van der Waals surface area contributed by atoms with Crippen LogP contribution in [0.2, 0.25) is 5.02 Å². The summed E-state index contributed by atoms with van der Waals surface area (Å²) in [6, 6.07) is 7.19. The van der Waals surface area contributed by atoms with Crippen LogP contribution in [0.4, 0.5) is 5.69 Å². The van der Waals surface area contributed by atoms with Crippen LogP contribution in [0.3, 0.4) is 0 Å². The molecule has 1 amide bonds. The van der Waals surface area contributed by atoms with Gasteiger partial charge >= 0.3 is 0 Å². The van der Waals surface area contributed by atoms with Crippen LogP contribution in [0.25, 0.3) is 0 Å². The number of anilines is 1. The first-order chi connectivity index (χ1) is 8.74. The van der Waals surface area contributed by atoms with Crippen molar-refractivity contribution >= 4 is 23.2 Å². The van der Waals surface area contributed by atoms with Crippen LogP contribution in [0, 0.1) is 5.92 Å². The fraction of sp³-hybridized carbons (Fsp3) is 0.500. The van der Waals surface area contributed by atoms with Gasteiger partial charge < -0.3 is 10.6 Å². The molecule has 2 rings (SSSR count). The van der Waals surface area contributed by atoms with Gasteiger partial charge in [-0.25, -0.2) is 0 Å². The summed E-state index contributed by atoms with van der Waals surface area (Å²) in [4.78, 5) is 11.7. The zero-order chi connectivity index (χ0) is 12.8. The van der Waals surface area contributed by atoms with Gasteiger partial charge in [0, 0.05) is 10.7 Å². The Morgan fingerprint density at radius 3 is 2.83 bits per heavy atom. The molecule has 2 N–H and O–H groups in total. The summed E-state index contributed by atoms with van der Waals surface area (Å²) in [5.74, 6) is 0.735. The van der Waals surface area contributed by atoms with Crippen molar-refractivity contribution < 1.29 is 4.79 Å². The van der Waals surface area contributed by atoms with Gasteiger partial charge in [0.1, 0.15) is 0 Å². The maximum Gasteiger partial charge on any atom is 0.238 e. The number of nitrogens with one attached hydrogen (secondary N) is 2. The minimum absolute atomic E-state index is 0.0183. The molecular weight excluding hydrogens is 248 g/mol. The number of carbonyl (C=O) groups is 1. The van der Waals surface area contributed by atoms with E-state index in [-0.39, 0.29) is 5.91 Å². The smallest absolute Gasteiger partial charge is 0.238 e. The number of hydrogen-bond acceptors (Lipinski definition) is 2. The quantitative estimate of drug-likeness (QED) is 0.860. The molecule has 0 heterocycles. The zero-order valence-corrected chi connectivity index (χ0v) is 11.2. The molecule has 1 aliphatic rings. The van der Waals surface area contributed by atoms with Crippen molar-refractivity contribution in [3.05, 3.63) is 29.3 Å². The highest BCUT2D eigenvalue weighted by Gasteiger charge is 2.14. The molecule has 1 aliphatic carbocycles. The molecule has 1 aromatic rings. The van der Waals surface area contributed by atoms with E-state index >= 15 is 0 Å². The fourth-order valence-corrected chi connectivity index (χ4v) is 2.57. The Bertz CT molecular complexity index is 403. The van der Waals surface area contributed by atoms with E-state index in [1.807, 2.05) is 12.1 Å². The standard InChI is InChI=1S/C14H19ClN2O/c15-12-6-3-7-13(8-12)17-14(18)10-16-9-11-4-1-2-5-11/h3,6-8,11,16H,1-2,4-5,9-10H2,(H,17,18). The predicted octanol–water partition coefficient (Wildman–Crippen LogP) is 3.06. The van der Waals surface area contributed by atoms with Gasteiger partial charge in [-0.15, -0.1) is 0 Å². The van der Waals surface area contributed by atoms with Crippen LogP contribution in [-0.2, 0) is 4.79 Å². The van der Waals surface area contributed by atoms with Crippen molar-refractivity contribution in [3.8, 4) is 0 Å². The first kappa shape index (κ1) is 13.4. The van der Waals surface area contributed by atoms with Crippen molar-refractivity contribution in [3.63, 3.8) is 0 Å². The van der Waals surface area contributed by atoms with Gasteiger partial charge in [0.05, 0.1) is 6.54 Å². The lowest BCUT2D eigenvalue weighted by molar-refractivity contribution is -0.115. The molecule has 0 radical (unpaired) electrons. The van der Waals surface area contributed by atoms with E-state index in [0.29, 0.717) is 11.6 Å². The summed E-state index contributed by atoms with van der Waals surface area (Å²) in [6.45, 7) is 1.31. The highest BCUT2D eigenvalue weighted by atomic mass is 35.5. The highest BCUT2D eigenvalue weighted by Crippen LogP contribution is 2.23. The molecule has 1 aromatic carbocycles. The molecule has 98 valence electrons. The number of benzene rings is 1. The van der Waals surface area contributed by atoms with Gasteiger partial charge in [-0.1, -0.05) is 30.5 Å². The number of hydrogen-bond donors (Lipinski definition) is 2. The second kappa shape index (κ2) is 6.76. The molecule has 0 bridgehead atoms. The third-order valence-corrected chi connectivity index (χ3v) is 3.54. The Balaban J connectivity index is 1.68. The number of amides is 1. The van der Waals surface area contributed by atoms with Crippen LogP contribution in [0.15, 0.2) is 24.3 Å². The molecule has 1 saturated carbocycles. The Kier molecular flexibility index (Phi) is 5.02. The summed E-state index contributed by atoms with van der Waals surface area (Å²) < 4.78 is 0. The van der Waals surface area contributed by atoms with E-state index in [0.717, 1.165) is 18.2 Å². The Hall–Kier alpha value is -1.06. The summed E-state index contributed by atoms with van der Waals surface area (Å²) in [5.41, 5.74) is 0.746. The van der Waals surface area contributed by atoms with Crippen LogP contribution >= 0.6 is 11.6 Å². The van der Waals surface area contributed by atoms with E-state index in [2.05, 4.69) is 10.6 Å². The maximum atomic E-state index is 11.7. The molecule has 3 nitrogen and oxygen atoms in total. The second-order valence-electron chi connectivity index (χ2n) is 4.84. The summed E-state index contributed by atoms with van der Waals surface area (Å²) >= 11 is 5.85. The average molecular weight is 267 g/mol. The largest absolute Gasteiger partial charge is 0.325 e. The number of carbonyl (C=O) groups excluding carboxylic acids is 1. The molecule has 0 aliphatic heterocycles. The zero-order valence-electron chi connectivity index (χ0n) is 10.4. The van der Waals surface area contributed by atoms with E-state index in [1.165, 1.54) is 25.7 Å². The molecule has 0 unspecified atom stereocenters. The molecular formula is C14H19ClN2O. The fourth-order valence-electron chi connectivity index (χ4n) is 2.38. The molecule has 4 heteroatoms. The van der Waals surface area contributed by atoms with Gasteiger partial charge in [0.15, 0.2) is 0 Å². The second-order valence-corrected chi connectivity index (χ2v) is 5.28. The maximum absolute atomic E-state index is 11.7. The van der Waals surface area contributed by atoms with E-state index in [4.69, 9.17) is 11.6 Å². The SMILES string of the molecule is O=C(CNCC1CCCC1)Nc1cccc(Cl)c1. The highest BCUT2D eigenvalue weighted by molar-refractivity contribution is 6.30. The van der Waals surface area contributed by atoms with Gasteiger partial charge in [0.25, 0.3) is 0 Å². The molecule has 18 heavy (non-hydrogen) atoms.